The zero-order valence-electron chi connectivity index (χ0n) is 23.7. The Morgan fingerprint density at radius 1 is 0.902 bits per heavy atom. The number of esters is 1. The smallest absolute Gasteiger partial charge is 0.416 e. The van der Waals surface area contributed by atoms with Crippen LogP contribution in [-0.4, -0.2) is 13.1 Å². The summed E-state index contributed by atoms with van der Waals surface area (Å²) >= 11 is 0. The van der Waals surface area contributed by atoms with Gasteiger partial charge in [-0.15, -0.1) is 0 Å². The van der Waals surface area contributed by atoms with Gasteiger partial charge in [-0.05, 0) is 88.9 Å². The van der Waals surface area contributed by atoms with Crippen LogP contribution in [0.15, 0.2) is 66.7 Å². The highest BCUT2D eigenvalue weighted by atomic mass is 19.4. The first kappa shape index (κ1) is 30.4. The van der Waals surface area contributed by atoms with Crippen molar-refractivity contribution >= 4 is 11.5 Å². The maximum Gasteiger partial charge on any atom is 0.416 e. The number of aryl methyl sites for hydroxylation is 1. The second-order valence-electron chi connectivity index (χ2n) is 11.2. The average molecular weight is 569 g/mol. The number of allylic oxidation sites excluding steroid dienone is 2. The summed E-state index contributed by atoms with van der Waals surface area (Å²) in [6.07, 6.45) is 4.53. The average Bonchev–Trinajstić information content (AvgIpc) is 3.78. The maximum atomic E-state index is 14.9. The molecule has 0 spiro atoms. The molecule has 3 aromatic carbocycles. The molecule has 0 unspecified atom stereocenters. The third-order valence-electron chi connectivity index (χ3n) is 7.31. The van der Waals surface area contributed by atoms with E-state index in [0.29, 0.717) is 23.3 Å². The molecule has 0 amide bonds. The van der Waals surface area contributed by atoms with Crippen molar-refractivity contribution in [1.82, 2.24) is 0 Å². The molecule has 0 N–H and O–H groups in total. The fourth-order valence-corrected chi connectivity index (χ4v) is 4.82. The molecule has 0 radical (unpaired) electrons. The molecule has 0 bridgehead atoms. The first-order valence-electron chi connectivity index (χ1n) is 14.0. The summed E-state index contributed by atoms with van der Waals surface area (Å²) in [6, 6.07) is 15.3. The minimum absolute atomic E-state index is 0.0794. The van der Waals surface area contributed by atoms with Crippen LogP contribution in [0.25, 0.3) is 16.7 Å². The molecule has 7 heteroatoms. The summed E-state index contributed by atoms with van der Waals surface area (Å²) in [6.45, 7) is 4.38. The van der Waals surface area contributed by atoms with Crippen molar-refractivity contribution in [3.63, 3.8) is 0 Å². The minimum Gasteiger partial charge on any atom is -0.489 e. The number of rotatable bonds is 8. The van der Waals surface area contributed by atoms with Crippen LogP contribution >= 0.6 is 0 Å². The molecule has 3 nitrogen and oxygen atoms in total. The van der Waals surface area contributed by atoms with Gasteiger partial charge in [-0.25, -0.2) is 4.39 Å². The van der Waals surface area contributed by atoms with Gasteiger partial charge in [0.05, 0.1) is 12.7 Å². The number of benzene rings is 3. The van der Waals surface area contributed by atoms with Crippen LogP contribution in [0.2, 0.25) is 0 Å². The van der Waals surface area contributed by atoms with Crippen LogP contribution in [0.1, 0.15) is 74.6 Å². The Kier molecular flexibility index (Phi) is 9.57. The van der Waals surface area contributed by atoms with E-state index in [1.54, 1.807) is 12.1 Å². The first-order chi connectivity index (χ1) is 19.5. The van der Waals surface area contributed by atoms with Crippen molar-refractivity contribution in [2.45, 2.75) is 71.6 Å². The minimum atomic E-state index is -4.58. The van der Waals surface area contributed by atoms with Gasteiger partial charge in [0.15, 0.2) is 0 Å². The molecule has 1 saturated carbocycles. The maximum absolute atomic E-state index is 14.9. The van der Waals surface area contributed by atoms with Crippen LogP contribution in [0.5, 0.6) is 5.75 Å². The summed E-state index contributed by atoms with van der Waals surface area (Å²) in [5, 5.41) is 0. The predicted molar refractivity (Wildman–Crippen MR) is 153 cm³/mol. The van der Waals surface area contributed by atoms with E-state index < -0.39 is 17.6 Å². The van der Waals surface area contributed by atoms with Crippen LogP contribution in [0, 0.1) is 11.2 Å². The number of carbonyl (C=O) groups excluding carboxylic acids is 1. The van der Waals surface area contributed by atoms with Crippen molar-refractivity contribution in [3.8, 4) is 16.9 Å². The Morgan fingerprint density at radius 2 is 1.66 bits per heavy atom. The lowest BCUT2D eigenvalue weighted by Gasteiger charge is -2.26. The molecule has 1 fully saturated rings. The Labute approximate surface area is 239 Å². The fraction of sp³-hybridized carbons (Fsp3) is 0.382. The Bertz CT molecular complexity index is 1400. The molecule has 0 aromatic heterocycles. The van der Waals surface area contributed by atoms with Gasteiger partial charge in [0.1, 0.15) is 18.2 Å². The number of methoxy groups -OCH3 is 1. The standard InChI is InChI=1S/C31H30F4O3.C3H6/c1-30(2)15-5-8-27(30)25-17-21(19-38-23-7-4-6-20(16-23)10-14-29(36)37-3)9-12-24(25)26-18-22(31(33,34)35)11-13-28(26)32;1-2-3-1/h4,6-9,11-13,16-18H,5,10,14-15,19H2,1-3H3;1-3H2. The topological polar surface area (TPSA) is 35.5 Å². The monoisotopic (exact) mass is 568 g/mol. The summed E-state index contributed by atoms with van der Waals surface area (Å²) < 4.78 is 65.9. The lowest BCUT2D eigenvalue weighted by atomic mass is 9.79. The van der Waals surface area contributed by atoms with E-state index in [0.717, 1.165) is 47.7 Å². The molecule has 2 aliphatic rings. The lowest BCUT2D eigenvalue weighted by molar-refractivity contribution is -0.140. The van der Waals surface area contributed by atoms with E-state index in [1.807, 2.05) is 30.3 Å². The number of ether oxygens (including phenoxy) is 2. The van der Waals surface area contributed by atoms with Gasteiger partial charge in [0.2, 0.25) is 0 Å². The third kappa shape index (κ3) is 8.21. The van der Waals surface area contributed by atoms with Gasteiger partial charge in [-0.3, -0.25) is 4.79 Å². The van der Waals surface area contributed by atoms with E-state index >= 15 is 0 Å². The van der Waals surface area contributed by atoms with Crippen molar-refractivity contribution in [3.05, 3.63) is 94.8 Å². The molecular weight excluding hydrogens is 532 g/mol. The lowest BCUT2D eigenvalue weighted by Crippen LogP contribution is -2.11. The molecule has 218 valence electrons. The van der Waals surface area contributed by atoms with Crippen LogP contribution in [0.3, 0.4) is 0 Å². The Balaban J connectivity index is 0.00000121. The summed E-state index contributed by atoms with van der Waals surface area (Å²) in [5.41, 5.74) is 2.67. The Hall–Kier alpha value is -3.61. The molecule has 0 aliphatic heterocycles. The molecular formula is C34H36F4O3. The van der Waals surface area contributed by atoms with Crippen LogP contribution < -0.4 is 4.74 Å². The van der Waals surface area contributed by atoms with E-state index in [4.69, 9.17) is 9.47 Å². The second kappa shape index (κ2) is 12.9. The highest BCUT2D eigenvalue weighted by molar-refractivity contribution is 5.85. The number of hydrogen-bond acceptors (Lipinski definition) is 3. The zero-order valence-corrected chi connectivity index (χ0v) is 23.7. The number of halogens is 4. The van der Waals surface area contributed by atoms with Crippen LogP contribution in [0.4, 0.5) is 17.6 Å². The SMILES string of the molecule is C1CC1.COC(=O)CCc1cccc(OCc2ccc(-c3cc(C(F)(F)F)ccc3F)c(C3=CCCC3(C)C)c2)c1. The van der Waals surface area contributed by atoms with E-state index in [-0.39, 0.29) is 30.0 Å². The number of carbonyl (C=O) groups is 1. The van der Waals surface area contributed by atoms with Crippen molar-refractivity contribution in [2.24, 2.45) is 5.41 Å². The normalized spacial score (nSPS) is 15.4. The van der Waals surface area contributed by atoms with Crippen molar-refractivity contribution in [1.29, 1.82) is 0 Å². The quantitative estimate of drug-likeness (QED) is 0.201. The van der Waals surface area contributed by atoms with Gasteiger partial charge in [0, 0.05) is 12.0 Å². The summed E-state index contributed by atoms with van der Waals surface area (Å²) in [7, 11) is 1.35. The van der Waals surface area contributed by atoms with Gasteiger partial charge < -0.3 is 9.47 Å². The highest BCUT2D eigenvalue weighted by Gasteiger charge is 2.33. The fourth-order valence-electron chi connectivity index (χ4n) is 4.82. The molecule has 41 heavy (non-hydrogen) atoms. The third-order valence-corrected chi connectivity index (χ3v) is 7.31. The van der Waals surface area contributed by atoms with Gasteiger partial charge in [0.25, 0.3) is 0 Å². The molecule has 2 aliphatic carbocycles. The van der Waals surface area contributed by atoms with Gasteiger partial charge >= 0.3 is 12.1 Å². The molecule has 0 atom stereocenters. The second-order valence-corrected chi connectivity index (χ2v) is 11.2. The van der Waals surface area contributed by atoms with Gasteiger partial charge in [-0.1, -0.05) is 63.5 Å². The van der Waals surface area contributed by atoms with Crippen molar-refractivity contribution < 1.29 is 31.8 Å². The van der Waals surface area contributed by atoms with E-state index in [9.17, 15) is 22.4 Å². The molecule has 0 heterocycles. The molecule has 5 rings (SSSR count). The predicted octanol–water partition coefficient (Wildman–Crippen LogP) is 9.57. The highest BCUT2D eigenvalue weighted by Crippen LogP contribution is 2.47. The number of alkyl halides is 3. The summed E-state index contributed by atoms with van der Waals surface area (Å²) in [4.78, 5) is 11.4. The van der Waals surface area contributed by atoms with E-state index in [1.165, 1.54) is 26.4 Å². The van der Waals surface area contributed by atoms with Gasteiger partial charge in [-0.2, -0.15) is 13.2 Å². The Morgan fingerprint density at radius 3 is 2.29 bits per heavy atom. The van der Waals surface area contributed by atoms with E-state index in [2.05, 4.69) is 19.9 Å². The number of hydrogen-bond donors (Lipinski definition) is 0. The molecule has 3 aromatic rings. The summed E-state index contributed by atoms with van der Waals surface area (Å²) in [5.74, 6) is -0.365. The van der Waals surface area contributed by atoms with Crippen LogP contribution in [-0.2, 0) is 28.7 Å². The zero-order chi connectivity index (χ0) is 29.6. The first-order valence-corrected chi connectivity index (χ1v) is 14.0. The largest absolute Gasteiger partial charge is 0.489 e. The van der Waals surface area contributed by atoms with Crippen molar-refractivity contribution in [2.75, 3.05) is 7.11 Å². The molecule has 0 saturated heterocycles.